The second kappa shape index (κ2) is 5.51. The predicted molar refractivity (Wildman–Crippen MR) is 82.1 cm³/mol. The van der Waals surface area contributed by atoms with Crippen LogP contribution in [-0.4, -0.2) is 13.6 Å². The maximum Gasteiger partial charge on any atom is 0.271 e. The third-order valence-corrected chi connectivity index (χ3v) is 5.70. The molecular formula is C13H9ClN2O3S2. The van der Waals surface area contributed by atoms with E-state index >= 15 is 0 Å². The van der Waals surface area contributed by atoms with Gasteiger partial charge >= 0.3 is 0 Å². The molecule has 0 amide bonds. The average Bonchev–Trinajstić information content (AvgIpc) is 3.10. The molecule has 0 saturated carbocycles. The Morgan fingerprint density at radius 2 is 2.10 bits per heavy atom. The molecule has 21 heavy (non-hydrogen) atoms. The second-order valence-electron chi connectivity index (χ2n) is 4.15. The van der Waals surface area contributed by atoms with Crippen molar-refractivity contribution in [2.45, 2.75) is 4.21 Å². The molecule has 0 aliphatic heterocycles. The molecule has 3 rings (SSSR count). The molecule has 0 bridgehead atoms. The summed E-state index contributed by atoms with van der Waals surface area (Å²) in [5, 5.41) is 5.76. The Balaban J connectivity index is 1.89. The second-order valence-corrected chi connectivity index (χ2v) is 7.40. The fourth-order valence-corrected chi connectivity index (χ4v) is 4.12. The van der Waals surface area contributed by atoms with Gasteiger partial charge in [0, 0.05) is 22.0 Å². The molecule has 108 valence electrons. The normalized spacial score (nSPS) is 11.5. The molecule has 8 heteroatoms. The number of rotatable bonds is 4. The molecule has 0 fully saturated rings. The number of sulfonamides is 1. The van der Waals surface area contributed by atoms with E-state index < -0.39 is 10.0 Å². The molecular weight excluding hydrogens is 332 g/mol. The molecule has 0 unspecified atom stereocenters. The first kappa shape index (κ1) is 14.1. The summed E-state index contributed by atoms with van der Waals surface area (Å²) < 4.78 is 32.3. The van der Waals surface area contributed by atoms with Crippen LogP contribution in [0, 0.1) is 0 Å². The summed E-state index contributed by atoms with van der Waals surface area (Å²) in [6.07, 6.45) is 1.51. The van der Waals surface area contributed by atoms with Gasteiger partial charge in [-0.15, -0.1) is 11.3 Å². The Hall–Kier alpha value is -1.83. The number of nitrogens with one attached hydrogen (secondary N) is 1. The Morgan fingerprint density at radius 1 is 1.24 bits per heavy atom. The monoisotopic (exact) mass is 340 g/mol. The molecule has 2 heterocycles. The van der Waals surface area contributed by atoms with E-state index in [2.05, 4.69) is 9.88 Å². The number of benzene rings is 1. The minimum Gasteiger partial charge on any atom is -0.356 e. The van der Waals surface area contributed by atoms with Gasteiger partial charge in [0.15, 0.2) is 5.76 Å². The minimum absolute atomic E-state index is 0.189. The van der Waals surface area contributed by atoms with Crippen molar-refractivity contribution in [3.05, 3.63) is 53.0 Å². The van der Waals surface area contributed by atoms with Crippen molar-refractivity contribution >= 4 is 38.6 Å². The summed E-state index contributed by atoms with van der Waals surface area (Å²) in [7, 11) is -3.65. The van der Waals surface area contributed by atoms with Crippen LogP contribution < -0.4 is 4.72 Å². The zero-order valence-corrected chi connectivity index (χ0v) is 12.9. The van der Waals surface area contributed by atoms with Gasteiger partial charge in [0.1, 0.15) is 4.21 Å². The molecule has 3 aromatic rings. The van der Waals surface area contributed by atoms with Crippen LogP contribution in [0.15, 0.2) is 56.7 Å². The Kier molecular flexibility index (Phi) is 3.71. The number of nitrogens with zero attached hydrogens (tertiary/aromatic N) is 1. The van der Waals surface area contributed by atoms with Crippen LogP contribution in [0.4, 0.5) is 5.69 Å². The zero-order valence-electron chi connectivity index (χ0n) is 10.5. The zero-order chi connectivity index (χ0) is 14.9. The minimum atomic E-state index is -3.65. The predicted octanol–water partition coefficient (Wildman–Crippen LogP) is 3.86. The standard InChI is InChI=1S/C13H9ClN2O3S2/c14-10-2-1-3-11(7-10)16-21(17,18)13-6-9(8-20-13)12-4-5-15-19-12/h1-8,16H. The van der Waals surface area contributed by atoms with Crippen LogP contribution >= 0.6 is 22.9 Å². The van der Waals surface area contributed by atoms with Crippen molar-refractivity contribution < 1.29 is 12.9 Å². The summed E-state index contributed by atoms with van der Waals surface area (Å²) in [5.41, 5.74) is 1.08. The summed E-state index contributed by atoms with van der Waals surface area (Å²) >= 11 is 6.95. The number of aromatic nitrogens is 1. The van der Waals surface area contributed by atoms with Crippen LogP contribution in [0.1, 0.15) is 0 Å². The lowest BCUT2D eigenvalue weighted by atomic mass is 10.3. The third-order valence-electron chi connectivity index (χ3n) is 2.64. The molecule has 0 saturated heterocycles. The summed E-state index contributed by atoms with van der Waals surface area (Å²) in [6, 6.07) is 9.74. The van der Waals surface area contributed by atoms with Crippen molar-refractivity contribution in [3.63, 3.8) is 0 Å². The topological polar surface area (TPSA) is 72.2 Å². The first-order valence-electron chi connectivity index (χ1n) is 5.82. The third kappa shape index (κ3) is 3.10. The molecule has 0 spiro atoms. The van der Waals surface area contributed by atoms with Gasteiger partial charge in [-0.05, 0) is 24.3 Å². The SMILES string of the molecule is O=S(=O)(Nc1cccc(Cl)c1)c1cc(-c2ccno2)cs1. The van der Waals surface area contributed by atoms with E-state index in [9.17, 15) is 8.42 Å². The van der Waals surface area contributed by atoms with Gasteiger partial charge < -0.3 is 4.52 Å². The van der Waals surface area contributed by atoms with E-state index in [1.165, 1.54) is 12.3 Å². The maximum atomic E-state index is 12.3. The van der Waals surface area contributed by atoms with E-state index in [4.69, 9.17) is 16.1 Å². The first-order chi connectivity index (χ1) is 10.0. The smallest absolute Gasteiger partial charge is 0.271 e. The molecule has 1 N–H and O–H groups in total. The fourth-order valence-electron chi connectivity index (χ4n) is 1.71. The van der Waals surface area contributed by atoms with Crippen LogP contribution in [-0.2, 0) is 10.0 Å². The Morgan fingerprint density at radius 3 is 2.81 bits per heavy atom. The van der Waals surface area contributed by atoms with Gasteiger partial charge in [-0.1, -0.05) is 22.8 Å². The largest absolute Gasteiger partial charge is 0.356 e. The van der Waals surface area contributed by atoms with Gasteiger partial charge in [0.2, 0.25) is 0 Å². The molecule has 0 radical (unpaired) electrons. The van der Waals surface area contributed by atoms with E-state index in [0.717, 1.165) is 11.3 Å². The van der Waals surface area contributed by atoms with Gasteiger partial charge in [0.25, 0.3) is 10.0 Å². The van der Waals surface area contributed by atoms with E-state index in [0.29, 0.717) is 22.0 Å². The Labute approximate surface area is 130 Å². The average molecular weight is 341 g/mol. The van der Waals surface area contributed by atoms with Crippen LogP contribution in [0.3, 0.4) is 0 Å². The van der Waals surface area contributed by atoms with E-state index in [-0.39, 0.29) is 4.21 Å². The maximum absolute atomic E-state index is 12.3. The fraction of sp³-hybridized carbons (Fsp3) is 0. The van der Waals surface area contributed by atoms with Crippen molar-refractivity contribution in [1.29, 1.82) is 0 Å². The van der Waals surface area contributed by atoms with Crippen LogP contribution in [0.25, 0.3) is 11.3 Å². The van der Waals surface area contributed by atoms with Crippen LogP contribution in [0.2, 0.25) is 5.02 Å². The van der Waals surface area contributed by atoms with Gasteiger partial charge in [-0.25, -0.2) is 8.42 Å². The quantitative estimate of drug-likeness (QED) is 0.782. The van der Waals surface area contributed by atoms with Gasteiger partial charge in [-0.3, -0.25) is 4.72 Å². The van der Waals surface area contributed by atoms with Gasteiger partial charge in [0.05, 0.1) is 11.9 Å². The molecule has 0 aliphatic rings. The van der Waals surface area contributed by atoms with Crippen molar-refractivity contribution in [3.8, 4) is 11.3 Å². The summed E-state index contributed by atoms with van der Waals surface area (Å²) in [5.74, 6) is 0.524. The Bertz CT molecular complexity index is 857. The lowest BCUT2D eigenvalue weighted by molar-refractivity contribution is 0.432. The number of thiophene rings is 1. The number of hydrogen-bond donors (Lipinski definition) is 1. The van der Waals surface area contributed by atoms with Crippen molar-refractivity contribution in [2.24, 2.45) is 0 Å². The highest BCUT2D eigenvalue weighted by Crippen LogP contribution is 2.29. The summed E-state index contributed by atoms with van der Waals surface area (Å²) in [6.45, 7) is 0. The van der Waals surface area contributed by atoms with Crippen molar-refractivity contribution in [2.75, 3.05) is 4.72 Å². The molecule has 0 atom stereocenters. The highest BCUT2D eigenvalue weighted by molar-refractivity contribution is 7.94. The van der Waals surface area contributed by atoms with Crippen molar-refractivity contribution in [1.82, 2.24) is 5.16 Å². The van der Waals surface area contributed by atoms with E-state index in [1.807, 2.05) is 0 Å². The molecule has 5 nitrogen and oxygen atoms in total. The van der Waals surface area contributed by atoms with Gasteiger partial charge in [-0.2, -0.15) is 0 Å². The number of halogens is 1. The number of hydrogen-bond acceptors (Lipinski definition) is 5. The first-order valence-corrected chi connectivity index (χ1v) is 8.57. The lowest BCUT2D eigenvalue weighted by Crippen LogP contribution is -2.11. The van der Waals surface area contributed by atoms with E-state index in [1.54, 1.807) is 35.7 Å². The summed E-state index contributed by atoms with van der Waals surface area (Å²) in [4.78, 5) is 0. The highest BCUT2D eigenvalue weighted by Gasteiger charge is 2.18. The van der Waals surface area contributed by atoms with Crippen LogP contribution in [0.5, 0.6) is 0 Å². The lowest BCUT2D eigenvalue weighted by Gasteiger charge is -2.06. The molecule has 2 aromatic heterocycles. The molecule has 1 aromatic carbocycles. The highest BCUT2D eigenvalue weighted by atomic mass is 35.5. The molecule has 0 aliphatic carbocycles. The number of anilines is 1.